The van der Waals surface area contributed by atoms with Crippen LogP contribution in [-0.2, 0) is 21.5 Å². The third-order valence-corrected chi connectivity index (χ3v) is 3.88. The summed E-state index contributed by atoms with van der Waals surface area (Å²) < 4.78 is 32.1. The normalized spacial score (nSPS) is 11.7. The number of aliphatic carboxylic acids is 1. The number of carboxylic acid groups (broad SMARTS) is 1. The van der Waals surface area contributed by atoms with Crippen molar-refractivity contribution in [2.75, 3.05) is 0 Å². The zero-order valence-corrected chi connectivity index (χ0v) is 11.6. The Morgan fingerprint density at radius 3 is 2.48 bits per heavy atom. The standard InChI is InChI=1S/C12H11NO7S/c1-6-11(16)8-4-7(21(18,19)20)2-3-9(8)13(12(6)17)5-10(14)15/h2-4,16H,5H2,1H3,(H,14,15)(H,18,19,20). The van der Waals surface area contributed by atoms with Crippen molar-refractivity contribution < 1.29 is 28.0 Å². The van der Waals surface area contributed by atoms with Crippen molar-refractivity contribution in [3.05, 3.63) is 34.1 Å². The average Bonchev–Trinajstić information content (AvgIpc) is 2.39. The SMILES string of the molecule is Cc1c(O)c2cc(S(=O)(=O)O)ccc2n(CC(=O)O)c1=O. The highest BCUT2D eigenvalue weighted by molar-refractivity contribution is 7.85. The predicted octanol–water partition coefficient (Wildman–Crippen LogP) is 0.347. The molecule has 0 saturated carbocycles. The first-order valence-electron chi connectivity index (χ1n) is 5.68. The molecule has 1 aromatic heterocycles. The minimum atomic E-state index is -4.48. The van der Waals surface area contributed by atoms with Crippen LogP contribution in [0, 0.1) is 6.92 Å². The van der Waals surface area contributed by atoms with Crippen molar-refractivity contribution in [3.63, 3.8) is 0 Å². The minimum absolute atomic E-state index is 0.0384. The van der Waals surface area contributed by atoms with Gasteiger partial charge < -0.3 is 10.2 Å². The lowest BCUT2D eigenvalue weighted by atomic mass is 10.1. The lowest BCUT2D eigenvalue weighted by molar-refractivity contribution is -0.137. The first kappa shape index (κ1) is 15.0. The van der Waals surface area contributed by atoms with Crippen molar-refractivity contribution >= 4 is 27.0 Å². The van der Waals surface area contributed by atoms with Gasteiger partial charge in [0.15, 0.2) is 0 Å². The van der Waals surface area contributed by atoms with Crippen molar-refractivity contribution in [1.82, 2.24) is 4.57 Å². The van der Waals surface area contributed by atoms with E-state index in [1.54, 1.807) is 0 Å². The van der Waals surface area contributed by atoms with E-state index >= 15 is 0 Å². The Morgan fingerprint density at radius 1 is 1.33 bits per heavy atom. The average molecular weight is 313 g/mol. The third-order valence-electron chi connectivity index (χ3n) is 3.03. The van der Waals surface area contributed by atoms with Crippen molar-refractivity contribution in [3.8, 4) is 5.75 Å². The molecule has 112 valence electrons. The van der Waals surface area contributed by atoms with E-state index in [1.165, 1.54) is 6.92 Å². The van der Waals surface area contributed by atoms with Crippen LogP contribution in [-0.4, -0.2) is 33.7 Å². The Bertz CT molecular complexity index is 911. The number of aromatic nitrogens is 1. The molecule has 0 aliphatic carbocycles. The van der Waals surface area contributed by atoms with E-state index in [1.807, 2.05) is 0 Å². The number of nitrogens with zero attached hydrogens (tertiary/aromatic N) is 1. The minimum Gasteiger partial charge on any atom is -0.507 e. The summed E-state index contributed by atoms with van der Waals surface area (Å²) in [5.41, 5.74) is -0.754. The summed E-state index contributed by atoms with van der Waals surface area (Å²) in [7, 11) is -4.48. The maximum atomic E-state index is 12.0. The van der Waals surface area contributed by atoms with E-state index < -0.39 is 38.8 Å². The van der Waals surface area contributed by atoms with Crippen molar-refractivity contribution in [2.24, 2.45) is 0 Å². The molecule has 0 unspecified atom stereocenters. The highest BCUT2D eigenvalue weighted by Gasteiger charge is 2.18. The first-order valence-corrected chi connectivity index (χ1v) is 7.12. The van der Waals surface area contributed by atoms with E-state index in [0.29, 0.717) is 0 Å². The fourth-order valence-electron chi connectivity index (χ4n) is 2.01. The molecular formula is C12H11NO7S. The number of carboxylic acids is 1. The lowest BCUT2D eigenvalue weighted by Crippen LogP contribution is -2.26. The second-order valence-electron chi connectivity index (χ2n) is 4.41. The van der Waals surface area contributed by atoms with Crippen LogP contribution >= 0.6 is 0 Å². The van der Waals surface area contributed by atoms with Gasteiger partial charge in [0.2, 0.25) is 0 Å². The first-order chi connectivity index (χ1) is 9.62. The number of aromatic hydroxyl groups is 1. The predicted molar refractivity (Wildman–Crippen MR) is 72.1 cm³/mol. The molecule has 0 aliphatic rings. The molecule has 0 atom stereocenters. The van der Waals surface area contributed by atoms with Gasteiger partial charge >= 0.3 is 5.97 Å². The fraction of sp³-hybridized carbons (Fsp3) is 0.167. The van der Waals surface area contributed by atoms with Gasteiger partial charge in [0.1, 0.15) is 12.3 Å². The number of fused-ring (bicyclic) bond motifs is 1. The Morgan fingerprint density at radius 2 is 1.95 bits per heavy atom. The molecule has 0 saturated heterocycles. The smallest absolute Gasteiger partial charge is 0.323 e. The molecule has 8 nitrogen and oxygen atoms in total. The van der Waals surface area contributed by atoms with E-state index in [2.05, 4.69) is 0 Å². The number of rotatable bonds is 3. The number of hydrogen-bond donors (Lipinski definition) is 3. The number of hydrogen-bond acceptors (Lipinski definition) is 5. The summed E-state index contributed by atoms with van der Waals surface area (Å²) in [6, 6.07) is 3.15. The molecule has 0 spiro atoms. The molecule has 1 aromatic carbocycles. The van der Waals surface area contributed by atoms with Crippen LogP contribution in [0.4, 0.5) is 0 Å². The maximum absolute atomic E-state index is 12.0. The highest BCUT2D eigenvalue weighted by atomic mass is 32.2. The topological polar surface area (TPSA) is 134 Å². The van der Waals surface area contributed by atoms with Gasteiger partial charge in [0, 0.05) is 5.39 Å². The summed E-state index contributed by atoms with van der Waals surface area (Å²) in [5.74, 6) is -1.72. The Hall–Kier alpha value is -2.39. The molecule has 0 bridgehead atoms. The zero-order valence-electron chi connectivity index (χ0n) is 10.8. The van der Waals surface area contributed by atoms with Crippen LogP contribution in [0.5, 0.6) is 5.75 Å². The van der Waals surface area contributed by atoms with Crippen LogP contribution in [0.1, 0.15) is 5.56 Å². The van der Waals surface area contributed by atoms with Gasteiger partial charge in [-0.2, -0.15) is 8.42 Å². The largest absolute Gasteiger partial charge is 0.507 e. The second-order valence-corrected chi connectivity index (χ2v) is 5.83. The summed E-state index contributed by atoms with van der Waals surface area (Å²) in [6.07, 6.45) is 0. The monoisotopic (exact) mass is 313 g/mol. The zero-order chi connectivity index (χ0) is 15.9. The molecule has 2 aromatic rings. The van der Waals surface area contributed by atoms with Crippen LogP contribution in [0.3, 0.4) is 0 Å². The van der Waals surface area contributed by atoms with Crippen molar-refractivity contribution in [2.45, 2.75) is 18.4 Å². The third kappa shape index (κ3) is 2.60. The molecule has 0 aliphatic heterocycles. The quantitative estimate of drug-likeness (QED) is 0.696. The lowest BCUT2D eigenvalue weighted by Gasteiger charge is -2.12. The molecule has 9 heteroatoms. The van der Waals surface area contributed by atoms with Crippen LogP contribution in [0.25, 0.3) is 10.9 Å². The second kappa shape index (κ2) is 4.86. The molecule has 0 fully saturated rings. The number of pyridine rings is 1. The summed E-state index contributed by atoms with van der Waals surface area (Å²) in [6.45, 7) is 0.650. The van der Waals surface area contributed by atoms with Crippen molar-refractivity contribution in [1.29, 1.82) is 0 Å². The van der Waals surface area contributed by atoms with Crippen LogP contribution < -0.4 is 5.56 Å². The number of carbonyl (C=O) groups is 1. The van der Waals surface area contributed by atoms with Gasteiger partial charge in [-0.15, -0.1) is 0 Å². The van der Waals surface area contributed by atoms with E-state index in [9.17, 15) is 23.1 Å². The maximum Gasteiger partial charge on any atom is 0.323 e. The summed E-state index contributed by atoms with van der Waals surface area (Å²) in [5, 5.41) is 18.7. The Kier molecular flexibility index (Phi) is 3.47. The van der Waals surface area contributed by atoms with Gasteiger partial charge in [-0.05, 0) is 25.1 Å². The fourth-order valence-corrected chi connectivity index (χ4v) is 2.51. The Balaban J connectivity index is 2.94. The van der Waals surface area contributed by atoms with E-state index in [-0.39, 0.29) is 16.5 Å². The molecule has 0 amide bonds. The van der Waals surface area contributed by atoms with Gasteiger partial charge in [-0.1, -0.05) is 0 Å². The van der Waals surface area contributed by atoms with E-state index in [0.717, 1.165) is 22.8 Å². The highest BCUT2D eigenvalue weighted by Crippen LogP contribution is 2.28. The van der Waals surface area contributed by atoms with E-state index in [4.69, 9.17) is 9.66 Å². The molecular weight excluding hydrogens is 302 g/mol. The molecule has 2 rings (SSSR count). The molecule has 0 radical (unpaired) electrons. The van der Waals surface area contributed by atoms with Gasteiger partial charge in [0.05, 0.1) is 16.0 Å². The Labute approximate surface area is 118 Å². The summed E-state index contributed by atoms with van der Waals surface area (Å²) in [4.78, 5) is 22.4. The van der Waals surface area contributed by atoms with Gasteiger partial charge in [-0.25, -0.2) is 0 Å². The van der Waals surface area contributed by atoms with Crippen LogP contribution in [0.2, 0.25) is 0 Å². The van der Waals surface area contributed by atoms with Crippen LogP contribution in [0.15, 0.2) is 27.9 Å². The van der Waals surface area contributed by atoms with Gasteiger partial charge in [0.25, 0.3) is 15.7 Å². The number of benzene rings is 1. The molecule has 21 heavy (non-hydrogen) atoms. The molecule has 3 N–H and O–H groups in total. The molecule has 1 heterocycles. The van der Waals surface area contributed by atoms with Gasteiger partial charge in [-0.3, -0.25) is 18.7 Å². The summed E-state index contributed by atoms with van der Waals surface area (Å²) >= 11 is 0.